The second-order valence-electron chi connectivity index (χ2n) is 6.41. The lowest BCUT2D eigenvalue weighted by atomic mass is 9.94. The summed E-state index contributed by atoms with van der Waals surface area (Å²) in [4.78, 5) is 26.9. The Morgan fingerprint density at radius 1 is 1.15 bits per heavy atom. The first kappa shape index (κ1) is 18.4. The summed E-state index contributed by atoms with van der Waals surface area (Å²) in [6, 6.07) is 14.2. The van der Waals surface area contributed by atoms with Gasteiger partial charge in [0.05, 0.1) is 11.6 Å². The third kappa shape index (κ3) is 3.31. The fourth-order valence-corrected chi connectivity index (χ4v) is 3.57. The van der Waals surface area contributed by atoms with Crippen LogP contribution in [0.5, 0.6) is 0 Å². The Bertz CT molecular complexity index is 886. The Hall–Kier alpha value is -2.40. The molecule has 1 unspecified atom stereocenters. The van der Waals surface area contributed by atoms with E-state index in [1.165, 1.54) is 0 Å². The van der Waals surface area contributed by atoms with Gasteiger partial charge in [-0.1, -0.05) is 64.8 Å². The molecule has 1 saturated heterocycles. The lowest BCUT2D eigenvalue weighted by Gasteiger charge is -2.25. The van der Waals surface area contributed by atoms with Gasteiger partial charge < -0.3 is 10.0 Å². The number of aliphatic hydroxyl groups is 1. The van der Waals surface area contributed by atoms with E-state index in [2.05, 4.69) is 15.9 Å². The van der Waals surface area contributed by atoms with E-state index in [9.17, 15) is 14.7 Å². The first-order valence-electron chi connectivity index (χ1n) is 8.55. The second kappa shape index (κ2) is 7.46. The van der Waals surface area contributed by atoms with Crippen LogP contribution in [0.2, 0.25) is 0 Å². The highest BCUT2D eigenvalue weighted by atomic mass is 79.9. The Balaban J connectivity index is 2.19. The molecule has 4 nitrogen and oxygen atoms in total. The number of carbonyl (C=O) groups is 2. The van der Waals surface area contributed by atoms with Gasteiger partial charge in [-0.2, -0.15) is 0 Å². The number of aryl methyl sites for hydroxylation is 1. The van der Waals surface area contributed by atoms with E-state index in [1.807, 2.05) is 38.1 Å². The van der Waals surface area contributed by atoms with Crippen LogP contribution in [0.4, 0.5) is 0 Å². The zero-order valence-corrected chi connectivity index (χ0v) is 16.3. The summed E-state index contributed by atoms with van der Waals surface area (Å²) in [5, 5.41) is 10.9. The number of hydrogen-bond donors (Lipinski definition) is 1. The van der Waals surface area contributed by atoms with Gasteiger partial charge in [-0.15, -0.1) is 0 Å². The van der Waals surface area contributed by atoms with Crippen LogP contribution in [-0.2, 0) is 9.59 Å². The van der Waals surface area contributed by atoms with Crippen molar-refractivity contribution in [2.75, 3.05) is 6.54 Å². The average molecular weight is 414 g/mol. The number of Topliss-reactive ketones (excluding diaryl/α,β-unsaturated/α-hetero) is 1. The van der Waals surface area contributed by atoms with Gasteiger partial charge in [0.2, 0.25) is 0 Å². The minimum atomic E-state index is -0.634. The molecule has 0 radical (unpaired) electrons. The maximum Gasteiger partial charge on any atom is 0.295 e. The monoisotopic (exact) mass is 413 g/mol. The lowest BCUT2D eigenvalue weighted by Crippen LogP contribution is -2.30. The van der Waals surface area contributed by atoms with Crippen LogP contribution >= 0.6 is 15.9 Å². The van der Waals surface area contributed by atoms with Crippen LogP contribution in [0.15, 0.2) is 58.6 Å². The summed E-state index contributed by atoms with van der Waals surface area (Å²) >= 11 is 3.36. The first-order chi connectivity index (χ1) is 12.4. The quantitative estimate of drug-likeness (QED) is 0.452. The molecule has 1 aliphatic rings. The minimum absolute atomic E-state index is 0.138. The number of benzene rings is 2. The number of halogens is 1. The van der Waals surface area contributed by atoms with Crippen molar-refractivity contribution < 1.29 is 14.7 Å². The first-order valence-corrected chi connectivity index (χ1v) is 9.34. The molecule has 2 aromatic carbocycles. The van der Waals surface area contributed by atoms with Gasteiger partial charge in [-0.05, 0) is 31.0 Å². The summed E-state index contributed by atoms with van der Waals surface area (Å²) < 4.78 is 0.871. The smallest absolute Gasteiger partial charge is 0.295 e. The van der Waals surface area contributed by atoms with Gasteiger partial charge in [0.15, 0.2) is 0 Å². The Morgan fingerprint density at radius 3 is 2.46 bits per heavy atom. The van der Waals surface area contributed by atoms with Crippen molar-refractivity contribution in [3.05, 3.63) is 75.3 Å². The third-order valence-corrected chi connectivity index (χ3v) is 5.01. The molecule has 1 atom stereocenters. The maximum absolute atomic E-state index is 12.7. The molecule has 0 spiro atoms. The number of likely N-dealkylation sites (tertiary alicyclic amines) is 1. The molecule has 5 heteroatoms. The van der Waals surface area contributed by atoms with Crippen LogP contribution in [0.3, 0.4) is 0 Å². The van der Waals surface area contributed by atoms with Crippen LogP contribution < -0.4 is 0 Å². The summed E-state index contributed by atoms with van der Waals surface area (Å²) in [5.74, 6) is -1.33. The molecule has 2 aromatic rings. The summed E-state index contributed by atoms with van der Waals surface area (Å²) in [5.41, 5.74) is 2.53. The largest absolute Gasteiger partial charge is 0.507 e. The Kier molecular flexibility index (Phi) is 5.28. The molecule has 0 saturated carbocycles. The number of rotatable bonds is 4. The van der Waals surface area contributed by atoms with E-state index >= 15 is 0 Å². The van der Waals surface area contributed by atoms with E-state index in [4.69, 9.17) is 0 Å². The van der Waals surface area contributed by atoms with Crippen molar-refractivity contribution in [1.82, 2.24) is 4.90 Å². The van der Waals surface area contributed by atoms with Gasteiger partial charge >= 0.3 is 0 Å². The number of aliphatic hydroxyl groups excluding tert-OH is 1. The molecule has 1 N–H and O–H groups in total. The van der Waals surface area contributed by atoms with Gasteiger partial charge in [0.1, 0.15) is 5.76 Å². The number of nitrogens with zero attached hydrogens (tertiary/aromatic N) is 1. The molecule has 1 heterocycles. The number of carbonyl (C=O) groups excluding carboxylic acids is 2. The molecule has 1 aliphatic heterocycles. The van der Waals surface area contributed by atoms with Gasteiger partial charge in [0, 0.05) is 16.6 Å². The van der Waals surface area contributed by atoms with Crippen molar-refractivity contribution in [2.24, 2.45) is 0 Å². The molecule has 0 aromatic heterocycles. The molecule has 1 amide bonds. The molecule has 3 rings (SSSR count). The van der Waals surface area contributed by atoms with Crippen LogP contribution in [0.25, 0.3) is 5.76 Å². The van der Waals surface area contributed by atoms with E-state index in [0.717, 1.165) is 22.0 Å². The van der Waals surface area contributed by atoms with Crippen molar-refractivity contribution >= 4 is 33.4 Å². The molecular formula is C21H20BrNO3. The van der Waals surface area contributed by atoms with E-state index in [0.29, 0.717) is 12.1 Å². The second-order valence-corrected chi connectivity index (χ2v) is 7.33. The predicted molar refractivity (Wildman–Crippen MR) is 105 cm³/mol. The van der Waals surface area contributed by atoms with Crippen LogP contribution in [0.1, 0.15) is 36.1 Å². The minimum Gasteiger partial charge on any atom is -0.507 e. The Morgan fingerprint density at radius 2 is 1.85 bits per heavy atom. The molecule has 134 valence electrons. The standard InChI is InChI=1S/C21H20BrNO3/c1-3-11-23-18(15-6-4-5-13(2)12-15)17(20(25)21(23)26)19(24)14-7-9-16(22)10-8-14/h4-10,12,18,24H,3,11H2,1-2H3/b19-17-. The lowest BCUT2D eigenvalue weighted by molar-refractivity contribution is -0.139. The summed E-state index contributed by atoms with van der Waals surface area (Å²) in [6.07, 6.45) is 0.730. The molecule has 1 fully saturated rings. The van der Waals surface area contributed by atoms with Crippen molar-refractivity contribution in [3.8, 4) is 0 Å². The van der Waals surface area contributed by atoms with E-state index in [1.54, 1.807) is 29.2 Å². The van der Waals surface area contributed by atoms with Gasteiger partial charge in [-0.3, -0.25) is 9.59 Å². The SMILES string of the molecule is CCCN1C(=O)C(=O)/C(=C(\O)c2ccc(Br)cc2)C1c1cccc(C)c1. The van der Waals surface area contributed by atoms with Crippen LogP contribution in [-0.4, -0.2) is 28.2 Å². The van der Waals surface area contributed by atoms with Gasteiger partial charge in [-0.25, -0.2) is 0 Å². The fraction of sp³-hybridized carbons (Fsp3) is 0.238. The zero-order valence-electron chi connectivity index (χ0n) is 14.7. The molecule has 0 aliphatic carbocycles. The van der Waals surface area contributed by atoms with Gasteiger partial charge in [0.25, 0.3) is 11.7 Å². The van der Waals surface area contributed by atoms with Crippen molar-refractivity contribution in [2.45, 2.75) is 26.3 Å². The zero-order chi connectivity index (χ0) is 18.8. The highest BCUT2D eigenvalue weighted by Gasteiger charge is 2.45. The normalized spacial score (nSPS) is 19.2. The van der Waals surface area contributed by atoms with Crippen LogP contribution in [0, 0.1) is 6.92 Å². The molecular weight excluding hydrogens is 394 g/mol. The van der Waals surface area contributed by atoms with E-state index < -0.39 is 17.7 Å². The van der Waals surface area contributed by atoms with E-state index in [-0.39, 0.29) is 11.3 Å². The maximum atomic E-state index is 12.7. The predicted octanol–water partition coefficient (Wildman–Crippen LogP) is 4.59. The number of hydrogen-bond acceptors (Lipinski definition) is 3. The molecule has 0 bridgehead atoms. The Labute approximate surface area is 161 Å². The highest BCUT2D eigenvalue weighted by Crippen LogP contribution is 2.39. The number of ketones is 1. The topological polar surface area (TPSA) is 57.6 Å². The van der Waals surface area contributed by atoms with Crippen molar-refractivity contribution in [1.29, 1.82) is 0 Å². The molecule has 26 heavy (non-hydrogen) atoms. The average Bonchev–Trinajstić information content (AvgIpc) is 2.87. The fourth-order valence-electron chi connectivity index (χ4n) is 3.30. The van der Waals surface area contributed by atoms with Crippen molar-refractivity contribution in [3.63, 3.8) is 0 Å². The summed E-state index contributed by atoms with van der Waals surface area (Å²) in [6.45, 7) is 4.38. The number of amides is 1. The third-order valence-electron chi connectivity index (χ3n) is 4.48. The highest BCUT2D eigenvalue weighted by molar-refractivity contribution is 9.10. The summed E-state index contributed by atoms with van der Waals surface area (Å²) in [7, 11) is 0.